The van der Waals surface area contributed by atoms with E-state index in [0.29, 0.717) is 0 Å². The van der Waals surface area contributed by atoms with Gasteiger partial charge in [0.05, 0.1) is 12.4 Å². The molecule has 0 fully saturated rings. The first kappa shape index (κ1) is 20.4. The molecule has 0 saturated carbocycles. The maximum atomic E-state index is 4.45. The van der Waals surface area contributed by atoms with Crippen LogP contribution in [-0.4, -0.2) is 61.1 Å². The molecule has 0 bridgehead atoms. The molecule has 0 N–H and O–H groups in total. The maximum absolute atomic E-state index is 4.45. The summed E-state index contributed by atoms with van der Waals surface area (Å²) in [7, 11) is 7.79. The summed E-state index contributed by atoms with van der Waals surface area (Å²) in [6.07, 6.45) is 3.80. The average Bonchev–Trinajstić information content (AvgIpc) is 2.69. The minimum absolute atomic E-state index is 0.934. The van der Waals surface area contributed by atoms with Gasteiger partial charge in [0.1, 0.15) is 0 Å². The van der Waals surface area contributed by atoms with E-state index in [1.807, 2.05) is 94.5 Å². The number of hydrogen-bond acceptors (Lipinski definition) is 6. The lowest BCUT2D eigenvalue weighted by Crippen LogP contribution is -2.15. The fraction of sp³-hybridized carbons (Fsp3) is 0.300. The Bertz CT molecular complexity index is 603. The molecule has 26 heavy (non-hydrogen) atoms. The van der Waals surface area contributed by atoms with Crippen LogP contribution in [0.3, 0.4) is 0 Å². The summed E-state index contributed by atoms with van der Waals surface area (Å²) in [5.74, 6) is 2.09. The Kier molecular flexibility index (Phi) is 9.75. The molecule has 0 radical (unpaired) electrons. The van der Waals surface area contributed by atoms with Crippen molar-refractivity contribution in [3.8, 4) is 0 Å². The average molecular weight is 387 g/mol. The highest BCUT2D eigenvalue weighted by Crippen LogP contribution is 2.20. The van der Waals surface area contributed by atoms with E-state index in [-0.39, 0.29) is 0 Å². The lowest BCUT2D eigenvalue weighted by molar-refractivity contribution is 0.380. The van der Waals surface area contributed by atoms with Gasteiger partial charge in [0, 0.05) is 38.7 Å². The number of nitrogens with zero attached hydrogens (tertiary/aromatic N) is 4. The van der Waals surface area contributed by atoms with E-state index in [2.05, 4.69) is 34.5 Å². The molecule has 138 valence electrons. The van der Waals surface area contributed by atoms with Gasteiger partial charge in [0.25, 0.3) is 0 Å². The first-order chi connectivity index (χ1) is 12.7. The molecule has 4 nitrogen and oxygen atoms in total. The predicted octanol–water partition coefficient (Wildman–Crippen LogP) is 4.30. The van der Waals surface area contributed by atoms with Gasteiger partial charge < -0.3 is 0 Å². The van der Waals surface area contributed by atoms with E-state index in [9.17, 15) is 0 Å². The molecule has 0 heterocycles. The van der Waals surface area contributed by atoms with E-state index in [1.54, 1.807) is 0 Å². The quantitative estimate of drug-likeness (QED) is 0.249. The van der Waals surface area contributed by atoms with Crippen LogP contribution >= 0.6 is 21.6 Å². The molecule has 0 saturated heterocycles. The van der Waals surface area contributed by atoms with Gasteiger partial charge in [-0.25, -0.2) is 0 Å². The minimum Gasteiger partial charge on any atom is -0.299 e. The van der Waals surface area contributed by atoms with Crippen molar-refractivity contribution in [1.82, 2.24) is 10.0 Å². The lowest BCUT2D eigenvalue weighted by Gasteiger charge is -2.13. The zero-order valence-electron chi connectivity index (χ0n) is 15.4. The molecule has 2 rings (SSSR count). The minimum atomic E-state index is 0.934. The Morgan fingerprint density at radius 2 is 1.08 bits per heavy atom. The van der Waals surface area contributed by atoms with Gasteiger partial charge in [-0.15, -0.1) is 0 Å². The highest BCUT2D eigenvalue weighted by molar-refractivity contribution is 8.76. The Balaban J connectivity index is 1.52. The van der Waals surface area contributed by atoms with E-state index >= 15 is 0 Å². The summed E-state index contributed by atoms with van der Waals surface area (Å²) in [6.45, 7) is 1.87. The number of hydrogen-bond donors (Lipinski definition) is 0. The molecule has 0 amide bonds. The van der Waals surface area contributed by atoms with Crippen LogP contribution in [0.4, 0.5) is 0 Å². The molecule has 6 heteroatoms. The largest absolute Gasteiger partial charge is 0.299 e. The Morgan fingerprint density at radius 1 is 0.692 bits per heavy atom. The van der Waals surface area contributed by atoms with Gasteiger partial charge in [-0.3, -0.25) is 10.0 Å². The monoisotopic (exact) mass is 386 g/mol. The summed E-state index contributed by atoms with van der Waals surface area (Å²) in [5, 5.41) is 12.9. The number of benzene rings is 2. The second-order valence-electron chi connectivity index (χ2n) is 5.72. The van der Waals surface area contributed by atoms with E-state index in [1.165, 1.54) is 0 Å². The molecular weight excluding hydrogens is 360 g/mol. The van der Waals surface area contributed by atoms with Gasteiger partial charge in [-0.1, -0.05) is 82.3 Å². The topological polar surface area (TPSA) is 31.2 Å². The summed E-state index contributed by atoms with van der Waals surface area (Å²) < 4.78 is 0. The lowest BCUT2D eigenvalue weighted by atomic mass is 10.2. The Labute approximate surface area is 164 Å². The fourth-order valence-electron chi connectivity index (χ4n) is 1.98. The summed E-state index contributed by atoms with van der Waals surface area (Å²) >= 11 is 0. The molecule has 0 aliphatic heterocycles. The third-order valence-electron chi connectivity index (χ3n) is 3.49. The van der Waals surface area contributed by atoms with Gasteiger partial charge in [0.2, 0.25) is 0 Å². The molecule has 0 spiro atoms. The van der Waals surface area contributed by atoms with Crippen molar-refractivity contribution in [2.75, 3.05) is 38.7 Å². The second kappa shape index (κ2) is 12.4. The van der Waals surface area contributed by atoms with Crippen LogP contribution < -0.4 is 0 Å². The van der Waals surface area contributed by atoms with E-state index < -0.39 is 0 Å². The molecule has 0 aliphatic rings. The van der Waals surface area contributed by atoms with Crippen molar-refractivity contribution >= 4 is 34.0 Å². The van der Waals surface area contributed by atoms with Gasteiger partial charge in [0.15, 0.2) is 0 Å². The molecule has 0 aliphatic carbocycles. The van der Waals surface area contributed by atoms with Crippen LogP contribution in [0.1, 0.15) is 11.1 Å². The second-order valence-corrected chi connectivity index (χ2v) is 8.42. The Hall–Kier alpha value is -1.92. The normalized spacial score (nSPS) is 11.3. The first-order valence-electron chi connectivity index (χ1n) is 8.59. The van der Waals surface area contributed by atoms with Crippen molar-refractivity contribution in [3.05, 3.63) is 71.8 Å². The van der Waals surface area contributed by atoms with Crippen LogP contribution in [0.2, 0.25) is 0 Å². The Morgan fingerprint density at radius 3 is 1.46 bits per heavy atom. The van der Waals surface area contributed by atoms with E-state index in [4.69, 9.17) is 0 Å². The SMILES string of the molecule is CN(CCSSCCN(C)/N=C\c1ccccc1)/N=C\c1ccccc1. The van der Waals surface area contributed by atoms with Gasteiger partial charge >= 0.3 is 0 Å². The van der Waals surface area contributed by atoms with Crippen LogP contribution in [-0.2, 0) is 0 Å². The standard InChI is InChI=1S/C20H26N4S2/c1-23(21-17-19-9-5-3-6-10-19)13-15-25-26-16-14-24(2)22-18-20-11-7-4-8-12-20/h3-12,17-18H,13-16H2,1-2H3/b21-17-,22-18-. The maximum Gasteiger partial charge on any atom is 0.0542 e. The van der Waals surface area contributed by atoms with Crippen molar-refractivity contribution in [1.29, 1.82) is 0 Å². The molecular formula is C20H26N4S2. The number of rotatable bonds is 11. The summed E-state index contributed by atoms with van der Waals surface area (Å²) in [5.41, 5.74) is 2.25. The molecule has 0 atom stereocenters. The van der Waals surface area contributed by atoms with Crippen molar-refractivity contribution < 1.29 is 0 Å². The van der Waals surface area contributed by atoms with Crippen LogP contribution in [0.5, 0.6) is 0 Å². The zero-order valence-corrected chi connectivity index (χ0v) is 17.0. The highest BCUT2D eigenvalue weighted by Gasteiger charge is 1.97. The van der Waals surface area contributed by atoms with Crippen molar-refractivity contribution in [2.45, 2.75) is 0 Å². The van der Waals surface area contributed by atoms with Gasteiger partial charge in [-0.2, -0.15) is 10.2 Å². The van der Waals surface area contributed by atoms with Crippen LogP contribution in [0.15, 0.2) is 70.9 Å². The summed E-state index contributed by atoms with van der Waals surface area (Å²) in [6, 6.07) is 20.3. The smallest absolute Gasteiger partial charge is 0.0542 e. The molecule has 0 aromatic heterocycles. The summed E-state index contributed by atoms with van der Waals surface area (Å²) in [4.78, 5) is 0. The predicted molar refractivity (Wildman–Crippen MR) is 118 cm³/mol. The third-order valence-corrected chi connectivity index (χ3v) is 5.85. The van der Waals surface area contributed by atoms with Crippen LogP contribution in [0, 0.1) is 0 Å². The molecule has 2 aromatic carbocycles. The van der Waals surface area contributed by atoms with Gasteiger partial charge in [-0.05, 0) is 11.1 Å². The first-order valence-corrected chi connectivity index (χ1v) is 11.1. The third kappa shape index (κ3) is 8.97. The number of hydrazone groups is 2. The zero-order chi connectivity index (χ0) is 18.5. The van der Waals surface area contributed by atoms with Crippen LogP contribution in [0.25, 0.3) is 0 Å². The van der Waals surface area contributed by atoms with Crippen molar-refractivity contribution in [2.24, 2.45) is 10.2 Å². The highest BCUT2D eigenvalue weighted by atomic mass is 33.1. The molecule has 2 aromatic rings. The fourth-order valence-corrected chi connectivity index (χ4v) is 4.05. The molecule has 0 unspecified atom stereocenters. The van der Waals surface area contributed by atoms with Crippen molar-refractivity contribution in [3.63, 3.8) is 0 Å². The van der Waals surface area contributed by atoms with E-state index in [0.717, 1.165) is 35.7 Å².